The molecule has 7 heteroatoms. The van der Waals surface area contributed by atoms with Gasteiger partial charge in [-0.15, -0.1) is 0 Å². The molecule has 1 aliphatic rings. The Morgan fingerprint density at radius 2 is 1.61 bits per heavy atom. The van der Waals surface area contributed by atoms with Gasteiger partial charge in [0.05, 0.1) is 5.92 Å². The molecule has 0 spiro atoms. The molecule has 0 radical (unpaired) electrons. The van der Waals surface area contributed by atoms with Crippen molar-refractivity contribution in [3.63, 3.8) is 0 Å². The Morgan fingerprint density at radius 1 is 1.04 bits per heavy atom. The molecule has 1 aliphatic carbocycles. The van der Waals surface area contributed by atoms with E-state index in [2.05, 4.69) is 5.32 Å². The van der Waals surface area contributed by atoms with Crippen molar-refractivity contribution in [1.29, 1.82) is 10.5 Å². The summed E-state index contributed by atoms with van der Waals surface area (Å²) in [6.07, 6.45) is -8.24. The first-order chi connectivity index (χ1) is 11.0. The van der Waals surface area contributed by atoms with Gasteiger partial charge in [0.1, 0.15) is 42.4 Å². The van der Waals surface area contributed by atoms with Crippen LogP contribution < -0.4 is 5.32 Å². The van der Waals surface area contributed by atoms with Crippen molar-refractivity contribution in [3.8, 4) is 12.1 Å². The lowest BCUT2D eigenvalue weighted by molar-refractivity contribution is -0.00550. The van der Waals surface area contributed by atoms with Gasteiger partial charge >= 0.3 is 0 Å². The summed E-state index contributed by atoms with van der Waals surface area (Å²) in [6.45, 7) is 0. The molecule has 0 saturated heterocycles. The minimum absolute atomic E-state index is 0.0592. The van der Waals surface area contributed by atoms with Gasteiger partial charge in [0.15, 0.2) is 0 Å². The summed E-state index contributed by atoms with van der Waals surface area (Å²) in [5.41, 5.74) is -0.000130. The predicted octanol–water partition coefficient (Wildman–Crippen LogP) is 3.87. The normalized spacial score (nSPS) is 29.9. The van der Waals surface area contributed by atoms with Crippen LogP contribution >= 0.6 is 0 Å². The second-order valence-corrected chi connectivity index (χ2v) is 5.20. The molecule has 0 heterocycles. The van der Waals surface area contributed by atoms with Crippen LogP contribution in [-0.2, 0) is 0 Å². The zero-order valence-electron chi connectivity index (χ0n) is 11.9. The molecule has 1 N–H and O–H groups in total. The first-order valence-corrected chi connectivity index (χ1v) is 6.91. The summed E-state index contributed by atoms with van der Waals surface area (Å²) < 4.78 is 55.4. The summed E-state index contributed by atoms with van der Waals surface area (Å²) in [5.74, 6) is -1.60. The van der Waals surface area contributed by atoms with Crippen LogP contribution in [0.15, 0.2) is 36.0 Å². The molecule has 120 valence electrons. The van der Waals surface area contributed by atoms with Gasteiger partial charge in [-0.05, 0) is 11.6 Å². The topological polar surface area (TPSA) is 59.6 Å². The summed E-state index contributed by atoms with van der Waals surface area (Å²) in [7, 11) is 0. The Hall–Kier alpha value is -2.54. The molecule has 23 heavy (non-hydrogen) atoms. The van der Waals surface area contributed by atoms with Crippen LogP contribution in [0.5, 0.6) is 0 Å². The molecular weight excluding hydrogens is 310 g/mol. The van der Waals surface area contributed by atoms with Crippen LogP contribution in [0.1, 0.15) is 17.9 Å². The molecule has 4 unspecified atom stereocenters. The van der Waals surface area contributed by atoms with E-state index in [1.165, 1.54) is 18.2 Å². The SMILES string of the molecule is N#CC(C#N)=CNc1ccccc1C1C(F)C(F)CC(F)C1F. The van der Waals surface area contributed by atoms with Crippen LogP contribution in [0.4, 0.5) is 23.2 Å². The second-order valence-electron chi connectivity index (χ2n) is 5.20. The van der Waals surface area contributed by atoms with E-state index in [0.717, 1.165) is 6.20 Å². The van der Waals surface area contributed by atoms with E-state index in [-0.39, 0.29) is 16.8 Å². The van der Waals surface area contributed by atoms with Crippen molar-refractivity contribution in [2.24, 2.45) is 0 Å². The molecule has 1 fully saturated rings. The van der Waals surface area contributed by atoms with Gasteiger partial charge in [-0.2, -0.15) is 10.5 Å². The van der Waals surface area contributed by atoms with Crippen LogP contribution in [0, 0.1) is 22.7 Å². The fourth-order valence-corrected chi connectivity index (χ4v) is 2.60. The van der Waals surface area contributed by atoms with Crippen molar-refractivity contribution in [3.05, 3.63) is 41.6 Å². The fraction of sp³-hybridized carbons (Fsp3) is 0.375. The quantitative estimate of drug-likeness (QED) is 0.678. The number of benzene rings is 1. The van der Waals surface area contributed by atoms with E-state index < -0.39 is 37.0 Å². The van der Waals surface area contributed by atoms with Crippen molar-refractivity contribution in [2.45, 2.75) is 37.0 Å². The fourth-order valence-electron chi connectivity index (χ4n) is 2.60. The molecule has 1 aromatic carbocycles. The van der Waals surface area contributed by atoms with E-state index in [9.17, 15) is 17.6 Å². The third-order valence-corrected chi connectivity index (χ3v) is 3.76. The van der Waals surface area contributed by atoms with Crippen molar-refractivity contribution in [2.75, 3.05) is 5.32 Å². The minimum atomic E-state index is -2.17. The summed E-state index contributed by atoms with van der Waals surface area (Å²) in [6, 6.07) is 9.11. The predicted molar refractivity (Wildman–Crippen MR) is 76.3 cm³/mol. The zero-order valence-corrected chi connectivity index (χ0v) is 11.9. The molecule has 0 aromatic heterocycles. The number of alkyl halides is 4. The van der Waals surface area contributed by atoms with E-state index in [1.54, 1.807) is 18.2 Å². The molecule has 1 aromatic rings. The first-order valence-electron chi connectivity index (χ1n) is 6.91. The Kier molecular flexibility index (Phi) is 5.23. The smallest absolute Gasteiger partial charge is 0.145 e. The van der Waals surface area contributed by atoms with Crippen LogP contribution in [-0.4, -0.2) is 24.7 Å². The zero-order chi connectivity index (χ0) is 17.0. The maximum absolute atomic E-state index is 14.1. The number of anilines is 1. The Bertz CT molecular complexity index is 647. The van der Waals surface area contributed by atoms with Gasteiger partial charge in [-0.3, -0.25) is 0 Å². The van der Waals surface area contributed by atoms with Crippen LogP contribution in [0.25, 0.3) is 0 Å². The van der Waals surface area contributed by atoms with E-state index in [1.807, 2.05) is 0 Å². The molecule has 4 atom stereocenters. The van der Waals surface area contributed by atoms with Gasteiger partial charge in [-0.1, -0.05) is 18.2 Å². The first kappa shape index (κ1) is 16.8. The molecule has 0 bridgehead atoms. The second kappa shape index (κ2) is 7.15. The molecule has 3 nitrogen and oxygen atoms in total. The maximum Gasteiger partial charge on any atom is 0.145 e. The largest absolute Gasteiger partial charge is 0.360 e. The number of nitriles is 2. The van der Waals surface area contributed by atoms with Crippen LogP contribution in [0.2, 0.25) is 0 Å². The molecule has 1 saturated carbocycles. The number of halogens is 4. The molecule has 0 aliphatic heterocycles. The lowest BCUT2D eigenvalue weighted by Crippen LogP contribution is -2.44. The third-order valence-electron chi connectivity index (χ3n) is 3.76. The highest BCUT2D eigenvalue weighted by Crippen LogP contribution is 2.42. The maximum atomic E-state index is 14.1. The van der Waals surface area contributed by atoms with Gasteiger partial charge in [0.25, 0.3) is 0 Å². The van der Waals surface area contributed by atoms with Gasteiger partial charge in [-0.25, -0.2) is 17.6 Å². The number of hydrogen-bond acceptors (Lipinski definition) is 3. The molecule has 0 amide bonds. The van der Waals surface area contributed by atoms with E-state index in [0.29, 0.717) is 0 Å². The lowest BCUT2D eigenvalue weighted by Gasteiger charge is -2.35. The van der Waals surface area contributed by atoms with E-state index in [4.69, 9.17) is 10.5 Å². The molecular formula is C16H13F4N3. The van der Waals surface area contributed by atoms with Gasteiger partial charge in [0.2, 0.25) is 0 Å². The molecule has 2 rings (SSSR count). The van der Waals surface area contributed by atoms with Crippen molar-refractivity contribution >= 4 is 5.69 Å². The van der Waals surface area contributed by atoms with Gasteiger partial charge in [0, 0.05) is 18.3 Å². The standard InChI is InChI=1S/C16H13F4N3/c17-11-5-12(18)16(20)14(15(11)19)10-3-1-2-4-13(10)23-8-9(6-21)7-22/h1-4,8,11-12,14-16,23H,5H2. The summed E-state index contributed by atoms with van der Waals surface area (Å²) >= 11 is 0. The van der Waals surface area contributed by atoms with Crippen LogP contribution in [0.3, 0.4) is 0 Å². The lowest BCUT2D eigenvalue weighted by atomic mass is 9.78. The Morgan fingerprint density at radius 3 is 2.17 bits per heavy atom. The number of hydrogen-bond donors (Lipinski definition) is 1. The average Bonchev–Trinajstić information content (AvgIpc) is 2.55. The third kappa shape index (κ3) is 3.45. The highest BCUT2D eigenvalue weighted by atomic mass is 19.2. The number of allylic oxidation sites excluding steroid dienone is 1. The number of rotatable bonds is 3. The Balaban J connectivity index is 2.38. The Labute approximate surface area is 130 Å². The van der Waals surface area contributed by atoms with Crippen molar-refractivity contribution in [1.82, 2.24) is 0 Å². The highest BCUT2D eigenvalue weighted by molar-refractivity contribution is 5.57. The monoisotopic (exact) mass is 323 g/mol. The van der Waals surface area contributed by atoms with Crippen molar-refractivity contribution < 1.29 is 17.6 Å². The van der Waals surface area contributed by atoms with Gasteiger partial charge < -0.3 is 5.32 Å². The summed E-state index contributed by atoms with van der Waals surface area (Å²) in [5, 5.41) is 19.9. The highest BCUT2D eigenvalue weighted by Gasteiger charge is 2.47. The van der Waals surface area contributed by atoms with E-state index >= 15 is 0 Å². The number of para-hydroxylation sites is 1. The number of nitrogens with zero attached hydrogens (tertiary/aromatic N) is 2. The average molecular weight is 323 g/mol. The minimum Gasteiger partial charge on any atom is -0.360 e. The number of nitrogens with one attached hydrogen (secondary N) is 1. The summed E-state index contributed by atoms with van der Waals surface area (Å²) in [4.78, 5) is 0.